The number of ether oxygens (including phenoxy) is 1. The second-order valence-corrected chi connectivity index (χ2v) is 5.63. The molecule has 17 heavy (non-hydrogen) atoms. The van der Waals surface area contributed by atoms with Gasteiger partial charge in [-0.3, -0.25) is 0 Å². The van der Waals surface area contributed by atoms with Crippen molar-refractivity contribution < 1.29 is 4.74 Å². The largest absolute Gasteiger partial charge is 0.493 e. The average Bonchev–Trinajstić information content (AvgIpc) is 3.06. The maximum Gasteiger partial charge on any atom is 0.127 e. The minimum Gasteiger partial charge on any atom is -0.493 e. The molecule has 1 atom stereocenters. The molecule has 0 amide bonds. The molecule has 1 aliphatic heterocycles. The lowest BCUT2D eigenvalue weighted by Gasteiger charge is -2.19. The standard InChI is InChI=1S/C13H15Cl2NO/c14-8-6-10(15)13-11(16-9-3-4-9)2-1-5-17-12(13)7-8/h6-7,9,11,16H,1-5H2. The van der Waals surface area contributed by atoms with Crippen LogP contribution in [0.2, 0.25) is 10.0 Å². The number of fused-ring (bicyclic) bond motifs is 1. The van der Waals surface area contributed by atoms with Crippen LogP contribution in [0.3, 0.4) is 0 Å². The summed E-state index contributed by atoms with van der Waals surface area (Å²) in [6.07, 6.45) is 4.67. The van der Waals surface area contributed by atoms with Crippen molar-refractivity contribution in [1.82, 2.24) is 5.32 Å². The molecule has 1 unspecified atom stereocenters. The van der Waals surface area contributed by atoms with Crippen molar-refractivity contribution >= 4 is 23.2 Å². The molecule has 3 rings (SSSR count). The molecule has 1 fully saturated rings. The van der Waals surface area contributed by atoms with Gasteiger partial charge in [0.05, 0.1) is 11.6 Å². The highest BCUT2D eigenvalue weighted by Gasteiger charge is 2.29. The maximum atomic E-state index is 6.31. The van der Waals surface area contributed by atoms with Gasteiger partial charge in [-0.25, -0.2) is 0 Å². The summed E-state index contributed by atoms with van der Waals surface area (Å²) < 4.78 is 5.73. The van der Waals surface area contributed by atoms with Crippen LogP contribution in [0.5, 0.6) is 5.75 Å². The van der Waals surface area contributed by atoms with E-state index in [-0.39, 0.29) is 0 Å². The van der Waals surface area contributed by atoms with Gasteiger partial charge in [0, 0.05) is 22.7 Å². The first-order chi connectivity index (χ1) is 8.24. The molecule has 2 nitrogen and oxygen atoms in total. The van der Waals surface area contributed by atoms with Crippen LogP contribution < -0.4 is 10.1 Å². The lowest BCUT2D eigenvalue weighted by atomic mass is 10.0. The van der Waals surface area contributed by atoms with Crippen LogP contribution in [0.1, 0.15) is 37.3 Å². The molecule has 2 aliphatic rings. The lowest BCUT2D eigenvalue weighted by molar-refractivity contribution is 0.315. The van der Waals surface area contributed by atoms with Gasteiger partial charge < -0.3 is 10.1 Å². The zero-order chi connectivity index (χ0) is 11.8. The third-order valence-electron chi connectivity index (χ3n) is 3.31. The molecule has 1 aromatic rings. The van der Waals surface area contributed by atoms with Crippen molar-refractivity contribution in [3.8, 4) is 5.75 Å². The van der Waals surface area contributed by atoms with Gasteiger partial charge in [-0.05, 0) is 37.8 Å². The molecular formula is C13H15Cl2NO. The topological polar surface area (TPSA) is 21.3 Å². The molecule has 0 saturated heterocycles. The van der Waals surface area contributed by atoms with Gasteiger partial charge in [-0.2, -0.15) is 0 Å². The highest BCUT2D eigenvalue weighted by atomic mass is 35.5. The summed E-state index contributed by atoms with van der Waals surface area (Å²) >= 11 is 12.3. The number of benzene rings is 1. The number of halogens is 2. The van der Waals surface area contributed by atoms with Crippen molar-refractivity contribution in [1.29, 1.82) is 0 Å². The fourth-order valence-corrected chi connectivity index (χ4v) is 2.94. The Kier molecular flexibility index (Phi) is 3.20. The molecular weight excluding hydrogens is 257 g/mol. The molecule has 92 valence electrons. The van der Waals surface area contributed by atoms with Crippen LogP contribution in [0.4, 0.5) is 0 Å². The van der Waals surface area contributed by atoms with E-state index >= 15 is 0 Å². The zero-order valence-corrected chi connectivity index (χ0v) is 11.0. The van der Waals surface area contributed by atoms with Gasteiger partial charge in [0.15, 0.2) is 0 Å². The van der Waals surface area contributed by atoms with E-state index in [1.807, 2.05) is 6.07 Å². The van der Waals surface area contributed by atoms with E-state index in [1.54, 1.807) is 6.07 Å². The van der Waals surface area contributed by atoms with Crippen LogP contribution in [0, 0.1) is 0 Å². The highest BCUT2D eigenvalue weighted by Crippen LogP contribution is 2.40. The monoisotopic (exact) mass is 271 g/mol. The van der Waals surface area contributed by atoms with Crippen LogP contribution in [0.25, 0.3) is 0 Å². The first-order valence-corrected chi connectivity index (χ1v) is 6.87. The summed E-state index contributed by atoms with van der Waals surface area (Å²) in [6, 6.07) is 4.65. The Morgan fingerprint density at radius 1 is 1.18 bits per heavy atom. The third-order valence-corrected chi connectivity index (χ3v) is 3.84. The minimum atomic E-state index is 0.310. The Morgan fingerprint density at radius 3 is 2.76 bits per heavy atom. The molecule has 0 aromatic heterocycles. The molecule has 1 aliphatic carbocycles. The Labute approximate surface area is 111 Å². The van der Waals surface area contributed by atoms with E-state index in [1.165, 1.54) is 12.8 Å². The molecule has 1 N–H and O–H groups in total. The Bertz CT molecular complexity index is 432. The summed E-state index contributed by atoms with van der Waals surface area (Å²) in [7, 11) is 0. The van der Waals surface area contributed by atoms with Gasteiger partial charge in [-0.1, -0.05) is 23.2 Å². The van der Waals surface area contributed by atoms with Crippen LogP contribution in [-0.4, -0.2) is 12.6 Å². The number of hydrogen-bond donors (Lipinski definition) is 1. The normalized spacial score (nSPS) is 23.8. The van der Waals surface area contributed by atoms with E-state index in [9.17, 15) is 0 Å². The summed E-state index contributed by atoms with van der Waals surface area (Å²) in [5.41, 5.74) is 1.08. The van der Waals surface area contributed by atoms with Crippen molar-refractivity contribution in [3.05, 3.63) is 27.7 Å². The second kappa shape index (κ2) is 4.68. The Hall–Kier alpha value is -0.440. The fraction of sp³-hybridized carbons (Fsp3) is 0.538. The smallest absolute Gasteiger partial charge is 0.127 e. The third kappa shape index (κ3) is 2.54. The fourth-order valence-electron chi connectivity index (χ4n) is 2.33. The van der Waals surface area contributed by atoms with E-state index < -0.39 is 0 Å². The average molecular weight is 272 g/mol. The van der Waals surface area contributed by atoms with Gasteiger partial charge in [-0.15, -0.1) is 0 Å². The van der Waals surface area contributed by atoms with Gasteiger partial charge >= 0.3 is 0 Å². The van der Waals surface area contributed by atoms with E-state index in [0.29, 0.717) is 22.1 Å². The quantitative estimate of drug-likeness (QED) is 0.879. The molecule has 1 saturated carbocycles. The lowest BCUT2D eigenvalue weighted by Crippen LogP contribution is -2.23. The number of nitrogens with one attached hydrogen (secondary N) is 1. The van der Waals surface area contributed by atoms with Gasteiger partial charge in [0.2, 0.25) is 0 Å². The predicted octanol–water partition coefficient (Wildman–Crippen LogP) is 3.96. The van der Waals surface area contributed by atoms with Gasteiger partial charge in [0.25, 0.3) is 0 Å². The number of rotatable bonds is 2. The first-order valence-electron chi connectivity index (χ1n) is 6.12. The zero-order valence-electron chi connectivity index (χ0n) is 9.51. The van der Waals surface area contributed by atoms with Crippen LogP contribution in [0.15, 0.2) is 12.1 Å². The van der Waals surface area contributed by atoms with E-state index in [2.05, 4.69) is 5.32 Å². The first kappa shape index (κ1) is 11.6. The second-order valence-electron chi connectivity index (χ2n) is 4.78. The maximum absolute atomic E-state index is 6.31. The predicted molar refractivity (Wildman–Crippen MR) is 70.1 cm³/mol. The molecule has 0 radical (unpaired) electrons. The van der Waals surface area contributed by atoms with Crippen molar-refractivity contribution in [2.75, 3.05) is 6.61 Å². The number of hydrogen-bond acceptors (Lipinski definition) is 2. The van der Waals surface area contributed by atoms with Gasteiger partial charge in [0.1, 0.15) is 5.75 Å². The SMILES string of the molecule is Clc1cc(Cl)c2c(c1)OCCCC2NC1CC1. The summed E-state index contributed by atoms with van der Waals surface area (Å²) in [5.74, 6) is 0.846. The van der Waals surface area contributed by atoms with Crippen LogP contribution in [-0.2, 0) is 0 Å². The summed E-state index contributed by atoms with van der Waals surface area (Å²) in [5, 5.41) is 5.00. The molecule has 1 heterocycles. The summed E-state index contributed by atoms with van der Waals surface area (Å²) in [4.78, 5) is 0. The Balaban J connectivity index is 1.97. The highest BCUT2D eigenvalue weighted by molar-refractivity contribution is 6.35. The molecule has 0 bridgehead atoms. The Morgan fingerprint density at radius 2 is 2.00 bits per heavy atom. The van der Waals surface area contributed by atoms with E-state index in [4.69, 9.17) is 27.9 Å². The van der Waals surface area contributed by atoms with Crippen molar-refractivity contribution in [2.45, 2.75) is 37.8 Å². The molecule has 4 heteroatoms. The van der Waals surface area contributed by atoms with Crippen LogP contribution >= 0.6 is 23.2 Å². The van der Waals surface area contributed by atoms with Crippen molar-refractivity contribution in [2.24, 2.45) is 0 Å². The molecule has 1 aromatic carbocycles. The van der Waals surface area contributed by atoms with E-state index in [0.717, 1.165) is 30.8 Å². The summed E-state index contributed by atoms with van der Waals surface area (Å²) in [6.45, 7) is 0.743. The molecule has 0 spiro atoms. The van der Waals surface area contributed by atoms with Crippen molar-refractivity contribution in [3.63, 3.8) is 0 Å². The minimum absolute atomic E-state index is 0.310.